The molecule has 1 aromatic heterocycles. The van der Waals surface area contributed by atoms with E-state index in [1.807, 2.05) is 0 Å². The summed E-state index contributed by atoms with van der Waals surface area (Å²) >= 11 is 0. The van der Waals surface area contributed by atoms with Crippen molar-refractivity contribution >= 4 is 0 Å². The molecule has 1 heterocycles. The van der Waals surface area contributed by atoms with E-state index in [1.54, 1.807) is 6.92 Å². The second-order valence-corrected chi connectivity index (χ2v) is 3.94. The number of aliphatic hydroxyl groups is 1. The summed E-state index contributed by atoms with van der Waals surface area (Å²) in [5, 5.41) is 9.39. The first-order valence-electron chi connectivity index (χ1n) is 5.51. The number of alkyl halides is 3. The molecule has 0 aliphatic rings. The van der Waals surface area contributed by atoms with E-state index in [-0.39, 0.29) is 5.82 Å². The fraction of sp³-hybridized carbons (Fsp3) is 0.636. The SMILES string of the molecule is CCC(Oc1nc(C)ncc1C(F)(F)F)C(C)O. The molecule has 1 aromatic rings. The van der Waals surface area contributed by atoms with Gasteiger partial charge in [-0.05, 0) is 20.3 Å². The summed E-state index contributed by atoms with van der Waals surface area (Å²) in [5.74, 6) is -0.360. The van der Waals surface area contributed by atoms with Gasteiger partial charge in [0, 0.05) is 6.20 Å². The van der Waals surface area contributed by atoms with Crippen LogP contribution in [0.25, 0.3) is 0 Å². The fourth-order valence-electron chi connectivity index (χ4n) is 1.40. The van der Waals surface area contributed by atoms with Crippen molar-refractivity contribution in [2.45, 2.75) is 45.6 Å². The topological polar surface area (TPSA) is 55.2 Å². The average Bonchev–Trinajstić information content (AvgIpc) is 2.23. The summed E-state index contributed by atoms with van der Waals surface area (Å²) in [6.07, 6.45) is -5.14. The number of halogens is 3. The van der Waals surface area contributed by atoms with E-state index in [2.05, 4.69) is 9.97 Å². The van der Waals surface area contributed by atoms with Crippen molar-refractivity contribution in [1.29, 1.82) is 0 Å². The first-order chi connectivity index (χ1) is 8.25. The third-order valence-electron chi connectivity index (χ3n) is 2.38. The molecule has 2 atom stereocenters. The summed E-state index contributed by atoms with van der Waals surface area (Å²) in [4.78, 5) is 7.16. The average molecular weight is 264 g/mol. The van der Waals surface area contributed by atoms with Crippen LogP contribution in [0.3, 0.4) is 0 Å². The molecule has 0 aromatic carbocycles. The van der Waals surface area contributed by atoms with E-state index in [1.165, 1.54) is 13.8 Å². The zero-order valence-electron chi connectivity index (χ0n) is 10.3. The van der Waals surface area contributed by atoms with Crippen LogP contribution in [0.2, 0.25) is 0 Å². The zero-order chi connectivity index (χ0) is 13.9. The molecule has 0 aliphatic heterocycles. The van der Waals surface area contributed by atoms with Crippen LogP contribution >= 0.6 is 0 Å². The third kappa shape index (κ3) is 3.56. The lowest BCUT2D eigenvalue weighted by molar-refractivity contribution is -0.140. The molecule has 18 heavy (non-hydrogen) atoms. The molecular formula is C11H15F3N2O2. The predicted molar refractivity (Wildman–Crippen MR) is 58.2 cm³/mol. The van der Waals surface area contributed by atoms with Crippen LogP contribution in [0.15, 0.2) is 6.20 Å². The zero-order valence-corrected chi connectivity index (χ0v) is 10.3. The van der Waals surface area contributed by atoms with Gasteiger partial charge in [-0.1, -0.05) is 6.92 Å². The molecule has 2 unspecified atom stereocenters. The first kappa shape index (κ1) is 14.7. The Hall–Kier alpha value is -1.37. The highest BCUT2D eigenvalue weighted by Gasteiger charge is 2.36. The van der Waals surface area contributed by atoms with E-state index >= 15 is 0 Å². The van der Waals surface area contributed by atoms with E-state index < -0.39 is 29.8 Å². The van der Waals surface area contributed by atoms with Crippen molar-refractivity contribution in [3.8, 4) is 5.88 Å². The van der Waals surface area contributed by atoms with Gasteiger partial charge in [0.15, 0.2) is 0 Å². The predicted octanol–water partition coefficient (Wildman–Crippen LogP) is 2.34. The Morgan fingerprint density at radius 2 is 2.06 bits per heavy atom. The normalized spacial score (nSPS) is 15.3. The molecule has 4 nitrogen and oxygen atoms in total. The Bertz CT molecular complexity index is 408. The van der Waals surface area contributed by atoms with Gasteiger partial charge >= 0.3 is 6.18 Å². The van der Waals surface area contributed by atoms with Gasteiger partial charge in [0.05, 0.1) is 6.10 Å². The molecule has 0 bridgehead atoms. The quantitative estimate of drug-likeness (QED) is 0.906. The summed E-state index contributed by atoms with van der Waals surface area (Å²) in [6.45, 7) is 4.63. The van der Waals surface area contributed by atoms with E-state index in [0.717, 1.165) is 0 Å². The molecule has 0 radical (unpaired) electrons. The number of aryl methyl sites for hydroxylation is 1. The van der Waals surface area contributed by atoms with Crippen LogP contribution in [0.4, 0.5) is 13.2 Å². The molecule has 102 valence electrons. The maximum atomic E-state index is 12.7. The number of aliphatic hydroxyl groups excluding tert-OH is 1. The largest absolute Gasteiger partial charge is 0.471 e. The molecule has 7 heteroatoms. The van der Waals surface area contributed by atoms with Gasteiger partial charge in [0.2, 0.25) is 5.88 Å². The summed E-state index contributed by atoms with van der Waals surface area (Å²) in [6, 6.07) is 0. The van der Waals surface area contributed by atoms with Gasteiger partial charge in [0.25, 0.3) is 0 Å². The molecule has 1 rings (SSSR count). The van der Waals surface area contributed by atoms with Crippen molar-refractivity contribution in [2.75, 3.05) is 0 Å². The number of ether oxygens (including phenoxy) is 1. The van der Waals surface area contributed by atoms with Crippen LogP contribution in [0.1, 0.15) is 31.7 Å². The molecular weight excluding hydrogens is 249 g/mol. The Morgan fingerprint density at radius 3 is 2.50 bits per heavy atom. The maximum Gasteiger partial charge on any atom is 0.423 e. The highest BCUT2D eigenvalue weighted by Crippen LogP contribution is 2.35. The van der Waals surface area contributed by atoms with Crippen LogP contribution in [-0.2, 0) is 6.18 Å². The molecule has 0 aliphatic carbocycles. The summed E-state index contributed by atoms with van der Waals surface area (Å²) in [7, 11) is 0. The molecule has 0 amide bonds. The number of hydrogen-bond donors (Lipinski definition) is 1. The smallest absolute Gasteiger partial charge is 0.423 e. The van der Waals surface area contributed by atoms with Crippen LogP contribution in [0.5, 0.6) is 5.88 Å². The van der Waals surface area contributed by atoms with Gasteiger partial charge in [-0.2, -0.15) is 18.2 Å². The third-order valence-corrected chi connectivity index (χ3v) is 2.38. The molecule has 1 N–H and O–H groups in total. The second kappa shape index (κ2) is 5.51. The summed E-state index contributed by atoms with van der Waals surface area (Å²) < 4.78 is 43.3. The minimum absolute atomic E-state index is 0.179. The van der Waals surface area contributed by atoms with Crippen LogP contribution in [0, 0.1) is 6.92 Å². The second-order valence-electron chi connectivity index (χ2n) is 3.94. The number of hydrogen-bond acceptors (Lipinski definition) is 4. The van der Waals surface area contributed by atoms with Gasteiger partial charge in [-0.15, -0.1) is 0 Å². The lowest BCUT2D eigenvalue weighted by Gasteiger charge is -2.21. The first-order valence-corrected chi connectivity index (χ1v) is 5.51. The highest BCUT2D eigenvalue weighted by molar-refractivity contribution is 5.27. The van der Waals surface area contributed by atoms with Crippen molar-refractivity contribution in [3.05, 3.63) is 17.6 Å². The van der Waals surface area contributed by atoms with Gasteiger partial charge in [-0.25, -0.2) is 4.98 Å². The van der Waals surface area contributed by atoms with E-state index in [9.17, 15) is 18.3 Å². The maximum absolute atomic E-state index is 12.7. The van der Waals surface area contributed by atoms with Crippen molar-refractivity contribution in [3.63, 3.8) is 0 Å². The van der Waals surface area contributed by atoms with Gasteiger partial charge < -0.3 is 9.84 Å². The lowest BCUT2D eigenvalue weighted by Crippen LogP contribution is -2.30. The van der Waals surface area contributed by atoms with Gasteiger partial charge in [0.1, 0.15) is 17.5 Å². The van der Waals surface area contributed by atoms with Crippen molar-refractivity contribution in [2.24, 2.45) is 0 Å². The Morgan fingerprint density at radius 1 is 1.44 bits per heavy atom. The fourth-order valence-corrected chi connectivity index (χ4v) is 1.40. The Balaban J connectivity index is 3.10. The Kier molecular flexibility index (Phi) is 4.50. The molecule has 0 saturated heterocycles. The standard InChI is InChI=1S/C11H15F3N2O2/c1-4-9(6(2)17)18-10-8(11(12,13)14)5-15-7(3)16-10/h5-6,9,17H,4H2,1-3H3. The number of aromatic nitrogens is 2. The van der Waals surface area contributed by atoms with E-state index in [0.29, 0.717) is 12.6 Å². The van der Waals surface area contributed by atoms with Crippen molar-refractivity contribution < 1.29 is 23.0 Å². The van der Waals surface area contributed by atoms with Crippen LogP contribution < -0.4 is 4.74 Å². The summed E-state index contributed by atoms with van der Waals surface area (Å²) in [5.41, 5.74) is -1.03. The number of nitrogens with zero attached hydrogens (tertiary/aromatic N) is 2. The number of rotatable bonds is 4. The van der Waals surface area contributed by atoms with Crippen molar-refractivity contribution in [1.82, 2.24) is 9.97 Å². The lowest BCUT2D eigenvalue weighted by atomic mass is 10.2. The van der Waals surface area contributed by atoms with Crippen LogP contribution in [-0.4, -0.2) is 27.3 Å². The molecule has 0 fully saturated rings. The minimum Gasteiger partial charge on any atom is -0.471 e. The van der Waals surface area contributed by atoms with E-state index in [4.69, 9.17) is 4.74 Å². The Labute approximate surface area is 103 Å². The highest BCUT2D eigenvalue weighted by atomic mass is 19.4. The molecule has 0 spiro atoms. The molecule has 0 saturated carbocycles. The minimum atomic E-state index is -4.58. The van der Waals surface area contributed by atoms with Gasteiger partial charge in [-0.3, -0.25) is 0 Å². The monoisotopic (exact) mass is 264 g/mol.